The second-order valence-electron chi connectivity index (χ2n) is 6.65. The molecular formula is C18H24N4O2S. The van der Waals surface area contributed by atoms with Gasteiger partial charge in [-0.05, 0) is 33.0 Å². The van der Waals surface area contributed by atoms with Crippen molar-refractivity contribution in [3.63, 3.8) is 0 Å². The van der Waals surface area contributed by atoms with Crippen molar-refractivity contribution in [1.29, 1.82) is 0 Å². The van der Waals surface area contributed by atoms with Crippen molar-refractivity contribution in [3.8, 4) is 0 Å². The van der Waals surface area contributed by atoms with E-state index in [0.29, 0.717) is 21.8 Å². The number of carbonyl (C=O) groups is 1. The monoisotopic (exact) mass is 360 g/mol. The number of amides is 1. The zero-order chi connectivity index (χ0) is 18.0. The molecule has 6 nitrogen and oxygen atoms in total. The summed E-state index contributed by atoms with van der Waals surface area (Å²) in [4.78, 5) is 34.0. The highest BCUT2D eigenvalue weighted by Gasteiger charge is 2.21. The van der Waals surface area contributed by atoms with Crippen LogP contribution in [0, 0.1) is 0 Å². The fourth-order valence-electron chi connectivity index (χ4n) is 2.96. The Balaban J connectivity index is 1.82. The van der Waals surface area contributed by atoms with Gasteiger partial charge in [0.15, 0.2) is 5.16 Å². The summed E-state index contributed by atoms with van der Waals surface area (Å²) in [5, 5.41) is 1.23. The molecule has 0 radical (unpaired) electrons. The van der Waals surface area contributed by atoms with Crippen molar-refractivity contribution in [1.82, 2.24) is 19.4 Å². The Kier molecular flexibility index (Phi) is 5.44. The molecule has 0 unspecified atom stereocenters. The van der Waals surface area contributed by atoms with E-state index < -0.39 is 0 Å². The van der Waals surface area contributed by atoms with E-state index in [0.717, 1.165) is 26.2 Å². The summed E-state index contributed by atoms with van der Waals surface area (Å²) in [6, 6.07) is 7.35. The average molecular weight is 360 g/mol. The van der Waals surface area contributed by atoms with Crippen molar-refractivity contribution in [2.45, 2.75) is 25.0 Å². The van der Waals surface area contributed by atoms with Crippen LogP contribution in [-0.2, 0) is 4.79 Å². The zero-order valence-electron chi connectivity index (χ0n) is 14.9. The Morgan fingerprint density at radius 2 is 1.88 bits per heavy atom. The number of likely N-dealkylation sites (N-methyl/N-ethyl adjacent to an activating group) is 1. The molecule has 3 rings (SSSR count). The molecule has 0 spiro atoms. The molecule has 0 N–H and O–H groups in total. The molecule has 2 aromatic rings. The minimum atomic E-state index is -0.0462. The van der Waals surface area contributed by atoms with Crippen LogP contribution in [0.25, 0.3) is 10.9 Å². The van der Waals surface area contributed by atoms with Crippen LogP contribution in [0.5, 0.6) is 0 Å². The Bertz CT molecular complexity index is 825. The topological polar surface area (TPSA) is 58.4 Å². The number of para-hydroxylation sites is 1. The van der Waals surface area contributed by atoms with Gasteiger partial charge in [0, 0.05) is 32.2 Å². The zero-order valence-corrected chi connectivity index (χ0v) is 15.8. The van der Waals surface area contributed by atoms with Crippen molar-refractivity contribution in [2.24, 2.45) is 0 Å². The molecule has 0 atom stereocenters. The van der Waals surface area contributed by atoms with Crippen LogP contribution >= 0.6 is 11.8 Å². The number of fused-ring (bicyclic) bond motifs is 1. The highest BCUT2D eigenvalue weighted by atomic mass is 32.2. The predicted molar refractivity (Wildman–Crippen MR) is 101 cm³/mol. The minimum Gasteiger partial charge on any atom is -0.339 e. The van der Waals surface area contributed by atoms with Crippen LogP contribution < -0.4 is 5.56 Å². The third-order valence-electron chi connectivity index (χ3n) is 4.47. The lowest BCUT2D eigenvalue weighted by atomic mass is 10.2. The molecule has 0 saturated carbocycles. The van der Waals surface area contributed by atoms with Gasteiger partial charge in [0.1, 0.15) is 0 Å². The number of carbonyl (C=O) groups excluding carboxylic acids is 1. The molecule has 2 heterocycles. The van der Waals surface area contributed by atoms with E-state index in [1.165, 1.54) is 11.8 Å². The summed E-state index contributed by atoms with van der Waals surface area (Å²) in [7, 11) is 2.07. The lowest BCUT2D eigenvalue weighted by Gasteiger charge is -2.32. The fourth-order valence-corrected chi connectivity index (χ4v) is 3.99. The number of rotatable bonds is 4. The maximum absolute atomic E-state index is 12.8. The molecule has 0 aliphatic carbocycles. The molecule has 134 valence electrons. The summed E-state index contributed by atoms with van der Waals surface area (Å²) in [5.41, 5.74) is 0.633. The van der Waals surface area contributed by atoms with Gasteiger partial charge >= 0.3 is 0 Å². The van der Waals surface area contributed by atoms with E-state index in [1.54, 1.807) is 10.6 Å². The minimum absolute atomic E-state index is 0.00848. The van der Waals surface area contributed by atoms with Crippen molar-refractivity contribution < 1.29 is 4.79 Å². The number of hydrogen-bond acceptors (Lipinski definition) is 5. The van der Waals surface area contributed by atoms with Gasteiger partial charge in [-0.15, -0.1) is 0 Å². The quantitative estimate of drug-likeness (QED) is 0.615. The molecule has 7 heteroatoms. The van der Waals surface area contributed by atoms with Crippen LogP contribution in [0.1, 0.15) is 19.9 Å². The SMILES string of the molecule is CC(C)n1c(SCC(=O)N2CCN(C)CC2)nc2ccccc2c1=O. The molecule has 1 aliphatic heterocycles. The molecule has 0 bridgehead atoms. The Labute approximate surface area is 151 Å². The number of hydrogen-bond donors (Lipinski definition) is 0. The van der Waals surface area contributed by atoms with E-state index >= 15 is 0 Å². The molecule has 1 saturated heterocycles. The van der Waals surface area contributed by atoms with Crippen LogP contribution in [0.15, 0.2) is 34.2 Å². The molecule has 1 fully saturated rings. The molecule has 1 aliphatic rings. The Morgan fingerprint density at radius 1 is 1.20 bits per heavy atom. The van der Waals surface area contributed by atoms with Gasteiger partial charge < -0.3 is 9.80 Å². The average Bonchev–Trinajstić information content (AvgIpc) is 2.60. The predicted octanol–water partition coefficient (Wildman–Crippen LogP) is 1.84. The van der Waals surface area contributed by atoms with E-state index in [2.05, 4.69) is 16.9 Å². The lowest BCUT2D eigenvalue weighted by Crippen LogP contribution is -2.47. The number of aromatic nitrogens is 2. The second-order valence-corrected chi connectivity index (χ2v) is 7.60. The Morgan fingerprint density at radius 3 is 2.56 bits per heavy atom. The first kappa shape index (κ1) is 17.9. The summed E-state index contributed by atoms with van der Waals surface area (Å²) < 4.78 is 1.68. The molecule has 25 heavy (non-hydrogen) atoms. The summed E-state index contributed by atoms with van der Waals surface area (Å²) >= 11 is 1.35. The first-order chi connectivity index (χ1) is 12.0. The third kappa shape index (κ3) is 3.88. The number of piperazine rings is 1. The van der Waals surface area contributed by atoms with Gasteiger partial charge in [0.25, 0.3) is 5.56 Å². The van der Waals surface area contributed by atoms with Crippen molar-refractivity contribution >= 4 is 28.6 Å². The normalized spacial score (nSPS) is 15.9. The van der Waals surface area contributed by atoms with Crippen LogP contribution in [0.2, 0.25) is 0 Å². The highest BCUT2D eigenvalue weighted by molar-refractivity contribution is 7.99. The van der Waals surface area contributed by atoms with E-state index in [-0.39, 0.29) is 17.5 Å². The van der Waals surface area contributed by atoms with Crippen LogP contribution in [0.4, 0.5) is 0 Å². The second kappa shape index (κ2) is 7.58. The van der Waals surface area contributed by atoms with Crippen LogP contribution in [-0.4, -0.2) is 64.2 Å². The van der Waals surface area contributed by atoms with E-state index in [4.69, 9.17) is 0 Å². The number of thioether (sulfide) groups is 1. The number of benzene rings is 1. The van der Waals surface area contributed by atoms with Crippen molar-refractivity contribution in [2.75, 3.05) is 39.0 Å². The van der Waals surface area contributed by atoms with Gasteiger partial charge in [0.2, 0.25) is 5.91 Å². The maximum atomic E-state index is 12.8. The maximum Gasteiger partial charge on any atom is 0.262 e. The third-order valence-corrected chi connectivity index (χ3v) is 5.41. The van der Waals surface area contributed by atoms with E-state index in [1.807, 2.05) is 36.9 Å². The summed E-state index contributed by atoms with van der Waals surface area (Å²) in [6.07, 6.45) is 0. The molecule has 1 aromatic carbocycles. The van der Waals surface area contributed by atoms with Gasteiger partial charge in [-0.25, -0.2) is 4.98 Å². The molecule has 1 aromatic heterocycles. The van der Waals surface area contributed by atoms with E-state index in [9.17, 15) is 9.59 Å². The number of nitrogens with zero attached hydrogens (tertiary/aromatic N) is 4. The smallest absolute Gasteiger partial charge is 0.262 e. The first-order valence-corrected chi connectivity index (χ1v) is 9.56. The largest absolute Gasteiger partial charge is 0.339 e. The van der Waals surface area contributed by atoms with Gasteiger partial charge in [-0.1, -0.05) is 23.9 Å². The first-order valence-electron chi connectivity index (χ1n) is 8.58. The molecule has 1 amide bonds. The summed E-state index contributed by atoms with van der Waals surface area (Å²) in [6.45, 7) is 7.26. The Hall–Kier alpha value is -1.86. The molecular weight excluding hydrogens is 336 g/mol. The fraction of sp³-hybridized carbons (Fsp3) is 0.500. The van der Waals surface area contributed by atoms with Gasteiger partial charge in [0.05, 0.1) is 16.7 Å². The summed E-state index contributed by atoms with van der Waals surface area (Å²) in [5.74, 6) is 0.414. The van der Waals surface area contributed by atoms with Crippen molar-refractivity contribution in [3.05, 3.63) is 34.6 Å². The highest BCUT2D eigenvalue weighted by Crippen LogP contribution is 2.21. The standard InChI is InChI=1S/C18H24N4O2S/c1-13(2)22-17(24)14-6-4-5-7-15(14)19-18(22)25-12-16(23)21-10-8-20(3)9-11-21/h4-7,13H,8-12H2,1-3H3. The lowest BCUT2D eigenvalue weighted by molar-refractivity contribution is -0.129. The van der Waals surface area contributed by atoms with Gasteiger partial charge in [-0.3, -0.25) is 14.2 Å². The van der Waals surface area contributed by atoms with Crippen LogP contribution in [0.3, 0.4) is 0 Å². The van der Waals surface area contributed by atoms with Gasteiger partial charge in [-0.2, -0.15) is 0 Å².